The molecule has 2 atom stereocenters. The fourth-order valence-electron chi connectivity index (χ4n) is 4.04. The molecule has 0 N–H and O–H groups in total. The molecule has 0 amide bonds. The summed E-state index contributed by atoms with van der Waals surface area (Å²) in [5.74, 6) is 0.975. The van der Waals surface area contributed by atoms with E-state index in [0.29, 0.717) is 12.1 Å². The van der Waals surface area contributed by atoms with E-state index < -0.39 is 0 Å². The lowest BCUT2D eigenvalue weighted by molar-refractivity contribution is 0.104. The standard InChI is InChI=1S/C18H23ClN4/c1-10-8-23-13(9-21(10)4)6-14-12(3)22(5)18-15(17(14)23)7-16(19)11(2)20-18/h7,10,13H,3,6,8-9H2,1-2,4-5H3. The second kappa shape index (κ2) is 4.99. The van der Waals surface area contributed by atoms with Gasteiger partial charge in [0.2, 0.25) is 0 Å². The Morgan fingerprint density at radius 3 is 2.78 bits per heavy atom. The van der Waals surface area contributed by atoms with Crippen LogP contribution in [0.1, 0.15) is 24.6 Å². The van der Waals surface area contributed by atoms with E-state index in [1.807, 2.05) is 6.92 Å². The summed E-state index contributed by atoms with van der Waals surface area (Å²) in [6.45, 7) is 10.7. The van der Waals surface area contributed by atoms with Crippen molar-refractivity contribution in [2.75, 3.05) is 32.1 Å². The van der Waals surface area contributed by atoms with Crippen LogP contribution in [0.3, 0.4) is 0 Å². The van der Waals surface area contributed by atoms with E-state index in [1.54, 1.807) is 0 Å². The normalized spacial score (nSPS) is 27.3. The summed E-state index contributed by atoms with van der Waals surface area (Å²) in [6.07, 6.45) is 1.06. The van der Waals surface area contributed by atoms with Gasteiger partial charge < -0.3 is 9.80 Å². The van der Waals surface area contributed by atoms with Crippen LogP contribution in [-0.4, -0.2) is 54.1 Å². The van der Waals surface area contributed by atoms with Gasteiger partial charge in [0.05, 0.1) is 16.4 Å². The van der Waals surface area contributed by atoms with Crippen molar-refractivity contribution in [1.82, 2.24) is 14.8 Å². The third kappa shape index (κ3) is 2.05. The van der Waals surface area contributed by atoms with Crippen molar-refractivity contribution in [3.63, 3.8) is 0 Å². The van der Waals surface area contributed by atoms with E-state index in [4.69, 9.17) is 16.6 Å². The minimum Gasteiger partial charge on any atom is -0.364 e. The van der Waals surface area contributed by atoms with Gasteiger partial charge in [-0.3, -0.25) is 4.90 Å². The minimum absolute atomic E-state index is 0.525. The predicted molar refractivity (Wildman–Crippen MR) is 95.7 cm³/mol. The van der Waals surface area contributed by atoms with E-state index in [9.17, 15) is 0 Å². The number of hydrogen-bond acceptors (Lipinski definition) is 4. The van der Waals surface area contributed by atoms with Gasteiger partial charge in [-0.25, -0.2) is 4.98 Å². The van der Waals surface area contributed by atoms with Crippen LogP contribution in [0, 0.1) is 6.92 Å². The van der Waals surface area contributed by atoms with Gasteiger partial charge in [0, 0.05) is 49.1 Å². The third-order valence-corrected chi connectivity index (χ3v) is 6.01. The van der Waals surface area contributed by atoms with Crippen LogP contribution in [-0.2, 0) is 0 Å². The lowest BCUT2D eigenvalue weighted by Gasteiger charge is -2.43. The highest BCUT2D eigenvalue weighted by molar-refractivity contribution is 6.31. The zero-order valence-corrected chi connectivity index (χ0v) is 15.0. The molecule has 5 heteroatoms. The summed E-state index contributed by atoms with van der Waals surface area (Å²) in [6, 6.07) is 3.16. The number of halogens is 1. The second-order valence-electron chi connectivity index (χ2n) is 7.06. The molecule has 4 rings (SSSR count). The topological polar surface area (TPSA) is 22.6 Å². The maximum absolute atomic E-state index is 6.39. The molecule has 1 saturated heterocycles. The van der Waals surface area contributed by atoms with Gasteiger partial charge in [0.1, 0.15) is 5.82 Å². The third-order valence-electron chi connectivity index (χ3n) is 5.62. The Labute approximate surface area is 143 Å². The van der Waals surface area contributed by atoms with Crippen molar-refractivity contribution in [1.29, 1.82) is 0 Å². The summed E-state index contributed by atoms with van der Waals surface area (Å²) in [4.78, 5) is 11.9. The van der Waals surface area contributed by atoms with Crippen LogP contribution in [0.15, 0.2) is 23.9 Å². The Kier molecular flexibility index (Phi) is 3.26. The molecule has 2 unspecified atom stereocenters. The van der Waals surface area contributed by atoms with Crippen LogP contribution < -0.4 is 4.90 Å². The van der Waals surface area contributed by atoms with Crippen molar-refractivity contribution >= 4 is 23.1 Å². The van der Waals surface area contributed by atoms with E-state index in [-0.39, 0.29) is 0 Å². The summed E-state index contributed by atoms with van der Waals surface area (Å²) in [5, 5.41) is 0.738. The van der Waals surface area contributed by atoms with E-state index in [0.717, 1.165) is 47.3 Å². The minimum atomic E-state index is 0.525. The zero-order chi connectivity index (χ0) is 16.5. The molecule has 4 heterocycles. The van der Waals surface area contributed by atoms with Crippen LogP contribution in [0.4, 0.5) is 5.82 Å². The number of nitrogens with zero attached hydrogens (tertiary/aromatic N) is 4. The van der Waals surface area contributed by atoms with Crippen LogP contribution in [0.25, 0.3) is 5.70 Å². The number of fused-ring (bicyclic) bond motifs is 4. The number of likely N-dealkylation sites (N-methyl/N-ethyl adjacent to an activating group) is 2. The molecular weight excluding hydrogens is 308 g/mol. The first kappa shape index (κ1) is 15.0. The number of anilines is 1. The molecule has 122 valence electrons. The molecule has 1 aromatic heterocycles. The number of aromatic nitrogens is 1. The number of rotatable bonds is 0. The Morgan fingerprint density at radius 1 is 1.30 bits per heavy atom. The maximum atomic E-state index is 6.39. The first-order valence-electron chi connectivity index (χ1n) is 8.19. The molecule has 3 aliphatic heterocycles. The van der Waals surface area contributed by atoms with Crippen molar-refractivity contribution in [3.05, 3.63) is 40.2 Å². The van der Waals surface area contributed by atoms with Gasteiger partial charge in [-0.2, -0.15) is 0 Å². The molecule has 3 aliphatic rings. The Hall–Kier alpha value is -1.52. The Bertz CT molecular complexity index is 739. The lowest BCUT2D eigenvalue weighted by atomic mass is 9.98. The first-order chi connectivity index (χ1) is 10.9. The molecule has 0 aliphatic carbocycles. The van der Waals surface area contributed by atoms with Crippen LogP contribution in [0.5, 0.6) is 0 Å². The lowest BCUT2D eigenvalue weighted by Crippen LogP contribution is -2.53. The summed E-state index contributed by atoms with van der Waals surface area (Å²) < 4.78 is 0. The number of aryl methyl sites for hydroxylation is 1. The van der Waals surface area contributed by atoms with Gasteiger partial charge >= 0.3 is 0 Å². The Balaban J connectivity index is 1.87. The molecule has 0 bridgehead atoms. The van der Waals surface area contributed by atoms with Crippen molar-refractivity contribution in [3.8, 4) is 0 Å². The molecule has 0 aromatic carbocycles. The van der Waals surface area contributed by atoms with Crippen molar-refractivity contribution < 1.29 is 0 Å². The molecular formula is C18H23ClN4. The fraction of sp³-hybridized carbons (Fsp3) is 0.500. The molecule has 0 spiro atoms. The van der Waals surface area contributed by atoms with E-state index >= 15 is 0 Å². The molecule has 0 radical (unpaired) electrons. The maximum Gasteiger partial charge on any atom is 0.142 e. The highest BCUT2D eigenvalue weighted by atomic mass is 35.5. The van der Waals surface area contributed by atoms with Crippen LogP contribution in [0.2, 0.25) is 5.02 Å². The SMILES string of the molecule is C=C1C2=C(c3cc(Cl)c(C)nc3N1C)N1CC(C)N(C)CC1C2. The first-order valence-corrected chi connectivity index (χ1v) is 8.56. The monoisotopic (exact) mass is 330 g/mol. The van der Waals surface area contributed by atoms with Gasteiger partial charge in [-0.05, 0) is 33.4 Å². The van der Waals surface area contributed by atoms with Gasteiger partial charge in [-0.1, -0.05) is 18.2 Å². The summed E-state index contributed by atoms with van der Waals surface area (Å²) >= 11 is 6.39. The van der Waals surface area contributed by atoms with Gasteiger partial charge in [0.15, 0.2) is 0 Å². The highest BCUT2D eigenvalue weighted by Crippen LogP contribution is 2.48. The van der Waals surface area contributed by atoms with Gasteiger partial charge in [-0.15, -0.1) is 0 Å². The number of allylic oxidation sites excluding steroid dienone is 1. The van der Waals surface area contributed by atoms with Crippen molar-refractivity contribution in [2.24, 2.45) is 0 Å². The quantitative estimate of drug-likeness (QED) is 0.729. The van der Waals surface area contributed by atoms with E-state index in [2.05, 4.69) is 48.4 Å². The molecule has 1 fully saturated rings. The number of pyridine rings is 1. The second-order valence-corrected chi connectivity index (χ2v) is 7.47. The number of piperazine rings is 1. The van der Waals surface area contributed by atoms with E-state index in [1.165, 1.54) is 11.3 Å². The highest BCUT2D eigenvalue weighted by Gasteiger charge is 2.42. The van der Waals surface area contributed by atoms with Crippen molar-refractivity contribution in [2.45, 2.75) is 32.4 Å². The molecule has 23 heavy (non-hydrogen) atoms. The Morgan fingerprint density at radius 2 is 2.04 bits per heavy atom. The molecule has 0 saturated carbocycles. The fourth-order valence-corrected chi connectivity index (χ4v) is 4.19. The largest absolute Gasteiger partial charge is 0.364 e. The predicted octanol–water partition coefficient (Wildman–Crippen LogP) is 3.13. The smallest absolute Gasteiger partial charge is 0.142 e. The number of hydrogen-bond donors (Lipinski definition) is 0. The summed E-state index contributed by atoms with van der Waals surface area (Å²) in [5.41, 5.74) is 5.77. The summed E-state index contributed by atoms with van der Waals surface area (Å²) in [7, 11) is 4.27. The average Bonchev–Trinajstić information content (AvgIpc) is 2.86. The average molecular weight is 331 g/mol. The molecule has 1 aromatic rings. The van der Waals surface area contributed by atoms with Gasteiger partial charge in [0.25, 0.3) is 0 Å². The zero-order valence-electron chi connectivity index (χ0n) is 14.2. The van der Waals surface area contributed by atoms with Crippen LogP contribution >= 0.6 is 11.6 Å². The molecule has 4 nitrogen and oxygen atoms in total.